The van der Waals surface area contributed by atoms with E-state index in [9.17, 15) is 4.79 Å². The first kappa shape index (κ1) is 15.5. The van der Waals surface area contributed by atoms with Crippen LogP contribution in [0.2, 0.25) is 0 Å². The third-order valence-corrected chi connectivity index (χ3v) is 4.54. The molecule has 0 radical (unpaired) electrons. The number of carbonyl (C=O) groups excluding carboxylic acids is 1. The Morgan fingerprint density at radius 2 is 1.96 bits per heavy atom. The van der Waals surface area contributed by atoms with Crippen LogP contribution in [0.4, 0.5) is 0 Å². The Hall–Kier alpha value is -3.02. The van der Waals surface area contributed by atoms with Crippen LogP contribution in [0.25, 0.3) is 11.3 Å². The summed E-state index contributed by atoms with van der Waals surface area (Å²) in [5.41, 5.74) is 2.43. The number of amides is 1. The molecule has 0 unspecified atom stereocenters. The third kappa shape index (κ3) is 3.15. The van der Waals surface area contributed by atoms with Gasteiger partial charge in [0, 0.05) is 18.9 Å². The van der Waals surface area contributed by atoms with Gasteiger partial charge in [0.1, 0.15) is 11.5 Å². The van der Waals surface area contributed by atoms with E-state index in [1.165, 1.54) is 6.20 Å². The van der Waals surface area contributed by atoms with Gasteiger partial charge in [0.2, 0.25) is 0 Å². The zero-order valence-electron chi connectivity index (χ0n) is 13.8. The highest BCUT2D eigenvalue weighted by Crippen LogP contribution is 2.31. The predicted octanol–water partition coefficient (Wildman–Crippen LogP) is 3.23. The van der Waals surface area contributed by atoms with E-state index < -0.39 is 0 Å². The fourth-order valence-electron chi connectivity index (χ4n) is 3.29. The molecule has 1 amide bonds. The molecule has 0 saturated carbocycles. The van der Waals surface area contributed by atoms with E-state index in [4.69, 9.17) is 0 Å². The van der Waals surface area contributed by atoms with Crippen molar-refractivity contribution < 1.29 is 4.79 Å². The number of H-pyrrole nitrogens is 1. The number of hydrogen-bond donors (Lipinski definition) is 1. The van der Waals surface area contributed by atoms with E-state index >= 15 is 0 Å². The summed E-state index contributed by atoms with van der Waals surface area (Å²) in [6.45, 7) is 0.710. The van der Waals surface area contributed by atoms with Crippen molar-refractivity contribution >= 4 is 5.91 Å². The minimum absolute atomic E-state index is 0.0549. The number of nitrogens with one attached hydrogen (secondary N) is 1. The lowest BCUT2D eigenvalue weighted by Gasteiger charge is -2.34. The van der Waals surface area contributed by atoms with Crippen molar-refractivity contribution in [1.29, 1.82) is 0 Å². The average molecular weight is 333 g/mol. The highest BCUT2D eigenvalue weighted by Gasteiger charge is 2.31. The third-order valence-electron chi connectivity index (χ3n) is 4.54. The summed E-state index contributed by atoms with van der Waals surface area (Å²) >= 11 is 0. The van der Waals surface area contributed by atoms with Crippen LogP contribution < -0.4 is 0 Å². The van der Waals surface area contributed by atoms with Gasteiger partial charge in [0.05, 0.1) is 24.1 Å². The maximum absolute atomic E-state index is 12.8. The highest BCUT2D eigenvalue weighted by atomic mass is 16.2. The summed E-state index contributed by atoms with van der Waals surface area (Å²) in [6, 6.07) is 10.0. The van der Waals surface area contributed by atoms with Crippen LogP contribution in [0.3, 0.4) is 0 Å². The Kier molecular flexibility index (Phi) is 4.24. The van der Waals surface area contributed by atoms with Crippen LogP contribution >= 0.6 is 0 Å². The van der Waals surface area contributed by atoms with Crippen molar-refractivity contribution in [3.8, 4) is 11.3 Å². The molecule has 1 aliphatic heterocycles. The lowest BCUT2D eigenvalue weighted by molar-refractivity contribution is 0.0594. The number of piperidine rings is 1. The van der Waals surface area contributed by atoms with Crippen molar-refractivity contribution in [3.63, 3.8) is 0 Å². The number of hydrogen-bond acceptors (Lipinski definition) is 4. The van der Waals surface area contributed by atoms with Crippen LogP contribution in [0, 0.1) is 0 Å². The molecule has 126 valence electrons. The predicted molar refractivity (Wildman–Crippen MR) is 93.7 cm³/mol. The maximum Gasteiger partial charge on any atom is 0.274 e. The minimum atomic E-state index is -0.0875. The topological polar surface area (TPSA) is 74.8 Å². The van der Waals surface area contributed by atoms with E-state index in [1.54, 1.807) is 12.4 Å². The van der Waals surface area contributed by atoms with Gasteiger partial charge in [0.15, 0.2) is 0 Å². The summed E-state index contributed by atoms with van der Waals surface area (Å²) in [5.74, 6) is 0.742. The number of nitrogens with zero attached hydrogens (tertiary/aromatic N) is 4. The molecule has 0 aliphatic carbocycles. The largest absolute Gasteiger partial charge is 0.340 e. The normalized spacial score (nSPS) is 17.4. The van der Waals surface area contributed by atoms with Gasteiger partial charge in [-0.3, -0.25) is 9.78 Å². The zero-order chi connectivity index (χ0) is 17.1. The lowest BCUT2D eigenvalue weighted by Crippen LogP contribution is -2.39. The van der Waals surface area contributed by atoms with Gasteiger partial charge in [-0.15, -0.1) is 0 Å². The molecule has 1 N–H and O–H groups in total. The summed E-state index contributed by atoms with van der Waals surface area (Å²) in [4.78, 5) is 30.8. The highest BCUT2D eigenvalue weighted by molar-refractivity contribution is 5.92. The Labute approximate surface area is 146 Å². The monoisotopic (exact) mass is 333 g/mol. The van der Waals surface area contributed by atoms with Gasteiger partial charge in [-0.25, -0.2) is 9.97 Å². The summed E-state index contributed by atoms with van der Waals surface area (Å²) in [6.07, 6.45) is 9.45. The number of imidazole rings is 1. The molecule has 6 nitrogen and oxygen atoms in total. The number of rotatable bonds is 3. The Morgan fingerprint density at radius 1 is 1.08 bits per heavy atom. The van der Waals surface area contributed by atoms with Gasteiger partial charge >= 0.3 is 0 Å². The van der Waals surface area contributed by atoms with E-state index in [2.05, 4.69) is 19.9 Å². The lowest BCUT2D eigenvalue weighted by atomic mass is 10.0. The van der Waals surface area contributed by atoms with E-state index in [-0.39, 0.29) is 11.9 Å². The fourth-order valence-corrected chi connectivity index (χ4v) is 3.29. The molecule has 3 aromatic rings. The van der Waals surface area contributed by atoms with Crippen molar-refractivity contribution in [2.24, 2.45) is 0 Å². The second-order valence-corrected chi connectivity index (χ2v) is 6.15. The van der Waals surface area contributed by atoms with Crippen LogP contribution in [-0.2, 0) is 0 Å². The first-order chi connectivity index (χ1) is 12.3. The minimum Gasteiger partial charge on any atom is -0.340 e. The molecular formula is C19H19N5O. The summed E-state index contributed by atoms with van der Waals surface area (Å²) in [5, 5.41) is 0. The van der Waals surface area contributed by atoms with E-state index in [1.807, 2.05) is 41.4 Å². The number of aromatic nitrogens is 4. The molecule has 0 spiro atoms. The van der Waals surface area contributed by atoms with Gasteiger partial charge in [-0.1, -0.05) is 30.3 Å². The molecule has 25 heavy (non-hydrogen) atoms. The van der Waals surface area contributed by atoms with Crippen molar-refractivity contribution in [1.82, 2.24) is 24.8 Å². The number of likely N-dealkylation sites (tertiary alicyclic amines) is 1. The smallest absolute Gasteiger partial charge is 0.274 e. The Bertz CT molecular complexity index is 847. The van der Waals surface area contributed by atoms with Crippen LogP contribution in [-0.4, -0.2) is 37.3 Å². The number of aromatic amines is 1. The standard InChI is InChI=1S/C19H19N5O/c25-19(16-12-20-9-10-21-16)24-11-5-4-8-17(24)18-22-13-15(23-18)14-6-2-1-3-7-14/h1-3,6-7,9-10,12-13,17H,4-5,8,11H2,(H,22,23)/t17-/m0/s1. The first-order valence-corrected chi connectivity index (χ1v) is 8.50. The first-order valence-electron chi connectivity index (χ1n) is 8.50. The molecule has 1 saturated heterocycles. The molecule has 4 rings (SSSR count). The van der Waals surface area contributed by atoms with E-state index in [0.717, 1.165) is 36.3 Å². The van der Waals surface area contributed by atoms with Gasteiger partial charge < -0.3 is 9.88 Å². The van der Waals surface area contributed by atoms with Crippen LogP contribution in [0.1, 0.15) is 41.6 Å². The Balaban J connectivity index is 1.62. The SMILES string of the molecule is O=C(c1cnccn1)N1CCCC[C@H]1c1ncc(-c2ccccc2)[nH]1. The molecule has 6 heteroatoms. The fraction of sp³-hybridized carbons (Fsp3) is 0.263. The maximum atomic E-state index is 12.8. The molecule has 1 aromatic carbocycles. The molecule has 0 bridgehead atoms. The van der Waals surface area contributed by atoms with E-state index in [0.29, 0.717) is 12.2 Å². The second-order valence-electron chi connectivity index (χ2n) is 6.15. The zero-order valence-corrected chi connectivity index (χ0v) is 13.8. The quantitative estimate of drug-likeness (QED) is 0.798. The van der Waals surface area contributed by atoms with Crippen LogP contribution in [0.5, 0.6) is 0 Å². The summed E-state index contributed by atoms with van der Waals surface area (Å²) < 4.78 is 0. The van der Waals surface area contributed by atoms with Gasteiger partial charge in [-0.2, -0.15) is 0 Å². The van der Waals surface area contributed by atoms with Crippen molar-refractivity contribution in [3.05, 3.63) is 66.6 Å². The molecule has 1 fully saturated rings. The average Bonchev–Trinajstić information content (AvgIpc) is 3.19. The number of benzene rings is 1. The summed E-state index contributed by atoms with van der Waals surface area (Å²) in [7, 11) is 0. The molecule has 1 atom stereocenters. The molecule has 1 aliphatic rings. The second kappa shape index (κ2) is 6.84. The Morgan fingerprint density at radius 3 is 2.76 bits per heavy atom. The van der Waals surface area contributed by atoms with Crippen molar-refractivity contribution in [2.75, 3.05) is 6.54 Å². The van der Waals surface area contributed by atoms with Crippen LogP contribution in [0.15, 0.2) is 55.1 Å². The molecule has 2 aromatic heterocycles. The molecule has 3 heterocycles. The van der Waals surface area contributed by atoms with Gasteiger partial charge in [-0.05, 0) is 24.8 Å². The van der Waals surface area contributed by atoms with Crippen molar-refractivity contribution in [2.45, 2.75) is 25.3 Å². The van der Waals surface area contributed by atoms with Gasteiger partial charge in [0.25, 0.3) is 5.91 Å². The number of carbonyl (C=O) groups is 1. The molecular weight excluding hydrogens is 314 g/mol.